The minimum atomic E-state index is -0.250. The standard InChI is InChI=1S/C16H21N5OS/c1-4-8-18-15(22)12(3)23-16-20-19-14(21(16)11-5-2)13-6-9-17-10-7-13/h4,6-7,9-10,12H,1,5,8,11H2,2-3H3,(H,18,22)/t12-/m0/s1. The molecule has 0 unspecified atom stereocenters. The van der Waals surface area contributed by atoms with Crippen LogP contribution in [-0.4, -0.2) is 37.5 Å². The summed E-state index contributed by atoms with van der Waals surface area (Å²) >= 11 is 1.41. The average molecular weight is 331 g/mol. The van der Waals surface area contributed by atoms with Gasteiger partial charge in [0.25, 0.3) is 0 Å². The fourth-order valence-electron chi connectivity index (χ4n) is 2.04. The van der Waals surface area contributed by atoms with Crippen molar-refractivity contribution in [3.05, 3.63) is 37.2 Å². The van der Waals surface area contributed by atoms with Gasteiger partial charge < -0.3 is 9.88 Å². The van der Waals surface area contributed by atoms with Crippen LogP contribution < -0.4 is 5.32 Å². The van der Waals surface area contributed by atoms with Crippen LogP contribution in [0.4, 0.5) is 0 Å². The number of nitrogens with zero attached hydrogens (tertiary/aromatic N) is 4. The zero-order valence-corrected chi connectivity index (χ0v) is 14.2. The summed E-state index contributed by atoms with van der Waals surface area (Å²) in [4.78, 5) is 16.0. The molecule has 0 aliphatic rings. The first-order valence-corrected chi connectivity index (χ1v) is 8.44. The lowest BCUT2D eigenvalue weighted by molar-refractivity contribution is -0.120. The number of hydrogen-bond acceptors (Lipinski definition) is 5. The van der Waals surface area contributed by atoms with Crippen LogP contribution >= 0.6 is 11.8 Å². The van der Waals surface area contributed by atoms with E-state index in [1.165, 1.54) is 11.8 Å². The van der Waals surface area contributed by atoms with Gasteiger partial charge in [-0.1, -0.05) is 24.8 Å². The van der Waals surface area contributed by atoms with Crippen molar-refractivity contribution in [2.75, 3.05) is 6.54 Å². The second-order valence-electron chi connectivity index (χ2n) is 4.99. The van der Waals surface area contributed by atoms with Crippen LogP contribution in [0.1, 0.15) is 20.3 Å². The highest BCUT2D eigenvalue weighted by Gasteiger charge is 2.20. The van der Waals surface area contributed by atoms with Crippen LogP contribution in [0, 0.1) is 0 Å². The molecule has 0 aliphatic carbocycles. The summed E-state index contributed by atoms with van der Waals surface area (Å²) in [5, 5.41) is 11.9. The Labute approximate surface area is 140 Å². The maximum absolute atomic E-state index is 12.0. The molecule has 2 rings (SSSR count). The monoisotopic (exact) mass is 331 g/mol. The fourth-order valence-corrected chi connectivity index (χ4v) is 2.94. The molecule has 7 heteroatoms. The Hall–Kier alpha value is -2.15. The van der Waals surface area contributed by atoms with Crippen molar-refractivity contribution in [1.29, 1.82) is 0 Å². The molecule has 2 heterocycles. The third kappa shape index (κ3) is 4.41. The largest absolute Gasteiger partial charge is 0.352 e. The van der Waals surface area contributed by atoms with Gasteiger partial charge in [-0.05, 0) is 25.5 Å². The zero-order valence-electron chi connectivity index (χ0n) is 13.4. The number of hydrogen-bond donors (Lipinski definition) is 1. The highest BCUT2D eigenvalue weighted by molar-refractivity contribution is 8.00. The molecule has 0 aromatic carbocycles. The van der Waals surface area contributed by atoms with Crippen LogP contribution in [0.3, 0.4) is 0 Å². The molecule has 0 fully saturated rings. The van der Waals surface area contributed by atoms with Gasteiger partial charge in [-0.2, -0.15) is 0 Å². The summed E-state index contributed by atoms with van der Waals surface area (Å²) in [6, 6.07) is 3.82. The molecule has 0 spiro atoms. The van der Waals surface area contributed by atoms with E-state index in [9.17, 15) is 4.79 Å². The number of amides is 1. The Kier molecular flexibility index (Phi) is 6.34. The first-order valence-electron chi connectivity index (χ1n) is 7.56. The molecular formula is C16H21N5OS. The molecule has 0 saturated heterocycles. The quantitative estimate of drug-likeness (QED) is 0.594. The van der Waals surface area contributed by atoms with Crippen LogP contribution in [-0.2, 0) is 11.3 Å². The van der Waals surface area contributed by atoms with Gasteiger partial charge in [0.15, 0.2) is 11.0 Å². The number of rotatable bonds is 8. The van der Waals surface area contributed by atoms with E-state index >= 15 is 0 Å². The minimum absolute atomic E-state index is 0.0357. The molecule has 1 atom stereocenters. The zero-order chi connectivity index (χ0) is 16.7. The van der Waals surface area contributed by atoms with Gasteiger partial charge in [-0.15, -0.1) is 16.8 Å². The number of thioether (sulfide) groups is 1. The molecule has 6 nitrogen and oxygen atoms in total. The Bertz CT molecular complexity index is 656. The summed E-state index contributed by atoms with van der Waals surface area (Å²) in [6.07, 6.45) is 6.09. The smallest absolute Gasteiger partial charge is 0.233 e. The fraction of sp³-hybridized carbons (Fsp3) is 0.375. The van der Waals surface area contributed by atoms with E-state index in [0.29, 0.717) is 6.54 Å². The summed E-state index contributed by atoms with van der Waals surface area (Å²) in [6.45, 7) is 8.83. The molecule has 1 amide bonds. The summed E-state index contributed by atoms with van der Waals surface area (Å²) in [5.74, 6) is 0.766. The van der Waals surface area contributed by atoms with Crippen molar-refractivity contribution < 1.29 is 4.79 Å². The third-order valence-electron chi connectivity index (χ3n) is 3.17. The molecule has 0 bridgehead atoms. The van der Waals surface area contributed by atoms with Gasteiger partial charge in [0.05, 0.1) is 5.25 Å². The third-order valence-corrected chi connectivity index (χ3v) is 4.26. The van der Waals surface area contributed by atoms with Gasteiger partial charge >= 0.3 is 0 Å². The molecule has 1 N–H and O–H groups in total. The van der Waals surface area contributed by atoms with Gasteiger partial charge in [0, 0.05) is 31.0 Å². The van der Waals surface area contributed by atoms with Gasteiger partial charge in [0.1, 0.15) is 0 Å². The Balaban J connectivity index is 2.21. The first kappa shape index (κ1) is 17.2. The summed E-state index contributed by atoms with van der Waals surface area (Å²) in [5.41, 5.74) is 0.969. The van der Waals surface area contributed by atoms with Crippen molar-refractivity contribution in [2.24, 2.45) is 0 Å². The van der Waals surface area contributed by atoms with Gasteiger partial charge in [0.2, 0.25) is 5.91 Å². The lowest BCUT2D eigenvalue weighted by Gasteiger charge is -2.12. The van der Waals surface area contributed by atoms with E-state index in [0.717, 1.165) is 29.5 Å². The second kappa shape index (κ2) is 8.47. The van der Waals surface area contributed by atoms with E-state index in [1.54, 1.807) is 18.5 Å². The number of nitrogens with one attached hydrogen (secondary N) is 1. The number of carbonyl (C=O) groups excluding carboxylic acids is 1. The van der Waals surface area contributed by atoms with Gasteiger partial charge in [-0.25, -0.2) is 0 Å². The predicted octanol–water partition coefficient (Wildman–Crippen LogP) is 2.53. The Morgan fingerprint density at radius 2 is 2.17 bits per heavy atom. The highest BCUT2D eigenvalue weighted by atomic mass is 32.2. The van der Waals surface area contributed by atoms with Crippen molar-refractivity contribution in [2.45, 2.75) is 37.2 Å². The minimum Gasteiger partial charge on any atom is -0.352 e. The van der Waals surface area contributed by atoms with Crippen molar-refractivity contribution >= 4 is 17.7 Å². The predicted molar refractivity (Wildman–Crippen MR) is 92.1 cm³/mol. The highest BCUT2D eigenvalue weighted by Crippen LogP contribution is 2.26. The van der Waals surface area contributed by atoms with Crippen LogP contribution in [0.2, 0.25) is 0 Å². The van der Waals surface area contributed by atoms with Crippen molar-refractivity contribution in [3.63, 3.8) is 0 Å². The molecule has 2 aromatic rings. The molecule has 0 saturated carbocycles. The Morgan fingerprint density at radius 1 is 1.43 bits per heavy atom. The van der Waals surface area contributed by atoms with E-state index in [4.69, 9.17) is 0 Å². The van der Waals surface area contributed by atoms with E-state index < -0.39 is 0 Å². The van der Waals surface area contributed by atoms with Gasteiger partial charge in [-0.3, -0.25) is 9.78 Å². The lowest BCUT2D eigenvalue weighted by Crippen LogP contribution is -2.31. The number of carbonyl (C=O) groups is 1. The van der Waals surface area contributed by atoms with E-state index in [-0.39, 0.29) is 11.2 Å². The topological polar surface area (TPSA) is 72.7 Å². The normalized spacial score (nSPS) is 11.9. The molecule has 2 aromatic heterocycles. The SMILES string of the molecule is C=CCNC(=O)[C@H](C)Sc1nnc(-c2ccncc2)n1CCC. The van der Waals surface area contributed by atoms with Crippen LogP contribution in [0.5, 0.6) is 0 Å². The molecule has 0 radical (unpaired) electrons. The average Bonchev–Trinajstić information content (AvgIpc) is 2.96. The molecule has 0 aliphatic heterocycles. The first-order chi connectivity index (χ1) is 11.2. The molecular weight excluding hydrogens is 310 g/mol. The number of pyridine rings is 1. The van der Waals surface area contributed by atoms with Crippen molar-refractivity contribution in [3.8, 4) is 11.4 Å². The van der Waals surface area contributed by atoms with E-state index in [2.05, 4.69) is 38.6 Å². The lowest BCUT2D eigenvalue weighted by atomic mass is 10.2. The van der Waals surface area contributed by atoms with Crippen molar-refractivity contribution in [1.82, 2.24) is 25.1 Å². The summed E-state index contributed by atoms with van der Waals surface area (Å²) < 4.78 is 2.05. The maximum atomic E-state index is 12.0. The number of aromatic nitrogens is 4. The second-order valence-corrected chi connectivity index (χ2v) is 6.30. The van der Waals surface area contributed by atoms with E-state index in [1.807, 2.05) is 19.1 Å². The summed E-state index contributed by atoms with van der Waals surface area (Å²) in [7, 11) is 0. The Morgan fingerprint density at radius 3 is 2.83 bits per heavy atom. The molecule has 122 valence electrons. The van der Waals surface area contributed by atoms with Crippen LogP contribution in [0.15, 0.2) is 42.3 Å². The maximum Gasteiger partial charge on any atom is 0.233 e. The molecule has 23 heavy (non-hydrogen) atoms. The van der Waals surface area contributed by atoms with Crippen LogP contribution in [0.25, 0.3) is 11.4 Å².